The number of piperidine rings is 1. The zero-order chi connectivity index (χ0) is 15.4. The van der Waals surface area contributed by atoms with Gasteiger partial charge < -0.3 is 14.4 Å². The van der Waals surface area contributed by atoms with Crippen molar-refractivity contribution in [1.82, 2.24) is 4.90 Å². The minimum absolute atomic E-state index is 0.0631. The van der Waals surface area contributed by atoms with Crippen molar-refractivity contribution in [3.63, 3.8) is 0 Å². The van der Waals surface area contributed by atoms with Gasteiger partial charge >= 0.3 is 0 Å². The van der Waals surface area contributed by atoms with Crippen LogP contribution in [-0.2, 0) is 9.47 Å². The van der Waals surface area contributed by atoms with E-state index >= 15 is 0 Å². The fourth-order valence-corrected chi connectivity index (χ4v) is 4.27. The van der Waals surface area contributed by atoms with Crippen LogP contribution in [0.25, 0.3) is 0 Å². The van der Waals surface area contributed by atoms with Gasteiger partial charge in [0.25, 0.3) is 5.91 Å². The van der Waals surface area contributed by atoms with Crippen LogP contribution in [0.15, 0.2) is 30.2 Å². The molecule has 120 valence electrons. The number of hydrogen-bond acceptors (Lipinski definition) is 4. The molecule has 0 radical (unpaired) electrons. The molecule has 0 spiro atoms. The highest BCUT2D eigenvalue weighted by molar-refractivity contribution is 7.12. The third kappa shape index (κ3) is 3.12. The summed E-state index contributed by atoms with van der Waals surface area (Å²) in [6.45, 7) is 7.21. The number of fused-ring (bicyclic) bond motifs is 1. The van der Waals surface area contributed by atoms with Crippen LogP contribution in [-0.4, -0.2) is 49.8 Å². The largest absolute Gasteiger partial charge is 0.377 e. The van der Waals surface area contributed by atoms with Gasteiger partial charge in [0, 0.05) is 25.1 Å². The molecular formula is C17H23NO3S. The molecule has 3 heterocycles. The SMILES string of the molecule is C=CCOC[C@@]12CCCO[C@@H]1CCN(C(=O)c1cccs1)C2. The van der Waals surface area contributed by atoms with Gasteiger partial charge in [0.1, 0.15) is 0 Å². The maximum atomic E-state index is 12.6. The Morgan fingerprint density at radius 1 is 1.64 bits per heavy atom. The van der Waals surface area contributed by atoms with E-state index in [2.05, 4.69) is 6.58 Å². The molecule has 1 amide bonds. The molecule has 0 aromatic carbocycles. The molecule has 0 aliphatic carbocycles. The van der Waals surface area contributed by atoms with Gasteiger partial charge in [-0.25, -0.2) is 0 Å². The average Bonchev–Trinajstić information content (AvgIpc) is 3.08. The first-order valence-corrected chi connectivity index (χ1v) is 8.76. The molecule has 0 bridgehead atoms. The molecule has 4 nitrogen and oxygen atoms in total. The summed E-state index contributed by atoms with van der Waals surface area (Å²) in [7, 11) is 0. The number of ether oxygens (including phenoxy) is 2. The van der Waals surface area contributed by atoms with Crippen molar-refractivity contribution in [2.24, 2.45) is 5.41 Å². The second kappa shape index (κ2) is 6.94. The van der Waals surface area contributed by atoms with Crippen LogP contribution in [0.5, 0.6) is 0 Å². The number of carbonyl (C=O) groups is 1. The van der Waals surface area contributed by atoms with Gasteiger partial charge in [0.05, 0.1) is 24.2 Å². The van der Waals surface area contributed by atoms with E-state index < -0.39 is 0 Å². The molecule has 1 aromatic rings. The Bertz CT molecular complexity index is 516. The second-order valence-corrected chi connectivity index (χ2v) is 7.07. The zero-order valence-corrected chi connectivity index (χ0v) is 13.6. The highest BCUT2D eigenvalue weighted by Crippen LogP contribution is 2.41. The van der Waals surface area contributed by atoms with Gasteiger partial charge in [-0.3, -0.25) is 4.79 Å². The standard InChI is InChI=1S/C17H23NO3S/c1-2-9-20-13-17-7-4-10-21-15(17)6-8-18(12-17)16(19)14-5-3-11-22-14/h2-3,5,11,15H,1,4,6-10,12-13H2/t15-,17+/m1/s1. The molecular weight excluding hydrogens is 298 g/mol. The van der Waals surface area contributed by atoms with Gasteiger partial charge in [-0.2, -0.15) is 0 Å². The zero-order valence-electron chi connectivity index (χ0n) is 12.8. The molecule has 22 heavy (non-hydrogen) atoms. The van der Waals surface area contributed by atoms with Crippen LogP contribution >= 0.6 is 11.3 Å². The van der Waals surface area contributed by atoms with E-state index in [-0.39, 0.29) is 17.4 Å². The molecule has 2 fully saturated rings. The Balaban J connectivity index is 1.74. The Morgan fingerprint density at radius 3 is 3.32 bits per heavy atom. The summed E-state index contributed by atoms with van der Waals surface area (Å²) in [5.74, 6) is 0.141. The fraction of sp³-hybridized carbons (Fsp3) is 0.588. The summed E-state index contributed by atoms with van der Waals surface area (Å²) in [5, 5.41) is 1.95. The van der Waals surface area contributed by atoms with Crippen molar-refractivity contribution < 1.29 is 14.3 Å². The van der Waals surface area contributed by atoms with Crippen LogP contribution in [0.3, 0.4) is 0 Å². The number of nitrogens with zero attached hydrogens (tertiary/aromatic N) is 1. The highest BCUT2D eigenvalue weighted by atomic mass is 32.1. The molecule has 2 aliphatic rings. The maximum absolute atomic E-state index is 12.6. The summed E-state index contributed by atoms with van der Waals surface area (Å²) in [4.78, 5) is 15.4. The monoisotopic (exact) mass is 321 g/mol. The normalized spacial score (nSPS) is 28.2. The van der Waals surface area contributed by atoms with Crippen LogP contribution in [0.2, 0.25) is 0 Å². The quantitative estimate of drug-likeness (QED) is 0.618. The third-order valence-electron chi connectivity index (χ3n) is 4.63. The lowest BCUT2D eigenvalue weighted by Gasteiger charge is -2.50. The number of hydrogen-bond donors (Lipinski definition) is 0. The Morgan fingerprint density at radius 2 is 2.55 bits per heavy atom. The number of thiophene rings is 1. The average molecular weight is 321 g/mol. The van der Waals surface area contributed by atoms with Gasteiger partial charge in [-0.05, 0) is 30.7 Å². The second-order valence-electron chi connectivity index (χ2n) is 6.12. The third-order valence-corrected chi connectivity index (χ3v) is 5.49. The molecule has 2 atom stereocenters. The van der Waals surface area contributed by atoms with Crippen molar-refractivity contribution in [3.05, 3.63) is 35.0 Å². The predicted octanol–water partition coefficient (Wildman–Crippen LogP) is 2.96. The Hall–Kier alpha value is -1.17. The highest BCUT2D eigenvalue weighted by Gasteiger charge is 2.47. The van der Waals surface area contributed by atoms with E-state index in [9.17, 15) is 4.79 Å². The smallest absolute Gasteiger partial charge is 0.263 e. The van der Waals surface area contributed by atoms with E-state index in [0.29, 0.717) is 13.2 Å². The van der Waals surface area contributed by atoms with Crippen LogP contribution in [0, 0.1) is 5.41 Å². The molecule has 0 saturated carbocycles. The van der Waals surface area contributed by atoms with E-state index in [4.69, 9.17) is 9.47 Å². The molecule has 3 rings (SSSR count). The number of carbonyl (C=O) groups excluding carboxylic acids is 1. The van der Waals surface area contributed by atoms with Crippen LogP contribution in [0.1, 0.15) is 28.9 Å². The molecule has 2 aliphatic heterocycles. The molecule has 1 aromatic heterocycles. The predicted molar refractivity (Wildman–Crippen MR) is 87.3 cm³/mol. The number of amides is 1. The lowest BCUT2D eigenvalue weighted by molar-refractivity contribution is -0.144. The Labute approximate surface area is 135 Å². The first kappa shape index (κ1) is 15.7. The maximum Gasteiger partial charge on any atom is 0.263 e. The summed E-state index contributed by atoms with van der Waals surface area (Å²) in [5.41, 5.74) is -0.0631. The lowest BCUT2D eigenvalue weighted by Crippen LogP contribution is -2.58. The molecule has 0 N–H and O–H groups in total. The summed E-state index contributed by atoms with van der Waals surface area (Å²) in [6.07, 6.45) is 4.97. The summed E-state index contributed by atoms with van der Waals surface area (Å²) >= 11 is 1.51. The van der Waals surface area contributed by atoms with Crippen LogP contribution < -0.4 is 0 Å². The first-order valence-electron chi connectivity index (χ1n) is 7.88. The summed E-state index contributed by atoms with van der Waals surface area (Å²) < 4.78 is 11.8. The molecule has 2 saturated heterocycles. The number of rotatable bonds is 5. The van der Waals surface area contributed by atoms with Gasteiger partial charge in [0.2, 0.25) is 0 Å². The number of likely N-dealkylation sites (tertiary alicyclic amines) is 1. The molecule has 5 heteroatoms. The van der Waals surface area contributed by atoms with Crippen molar-refractivity contribution in [2.45, 2.75) is 25.4 Å². The fourth-order valence-electron chi connectivity index (χ4n) is 3.58. The van der Waals surface area contributed by atoms with Crippen molar-refractivity contribution >= 4 is 17.2 Å². The van der Waals surface area contributed by atoms with Crippen molar-refractivity contribution in [1.29, 1.82) is 0 Å². The topological polar surface area (TPSA) is 38.8 Å². The van der Waals surface area contributed by atoms with Gasteiger partial charge in [-0.1, -0.05) is 12.1 Å². The van der Waals surface area contributed by atoms with E-state index in [1.807, 2.05) is 22.4 Å². The van der Waals surface area contributed by atoms with E-state index in [1.54, 1.807) is 6.08 Å². The van der Waals surface area contributed by atoms with E-state index in [1.165, 1.54) is 11.3 Å². The molecule has 0 unspecified atom stereocenters. The van der Waals surface area contributed by atoms with E-state index in [0.717, 1.165) is 43.8 Å². The van der Waals surface area contributed by atoms with Crippen molar-refractivity contribution in [2.75, 3.05) is 32.9 Å². The van der Waals surface area contributed by atoms with Crippen molar-refractivity contribution in [3.8, 4) is 0 Å². The van der Waals surface area contributed by atoms with Gasteiger partial charge in [-0.15, -0.1) is 17.9 Å². The summed E-state index contributed by atoms with van der Waals surface area (Å²) in [6, 6.07) is 3.83. The minimum atomic E-state index is -0.0631. The Kier molecular flexibility index (Phi) is 4.96. The minimum Gasteiger partial charge on any atom is -0.377 e. The first-order chi connectivity index (χ1) is 10.7. The van der Waals surface area contributed by atoms with Gasteiger partial charge in [0.15, 0.2) is 0 Å². The van der Waals surface area contributed by atoms with Crippen LogP contribution in [0.4, 0.5) is 0 Å². The lowest BCUT2D eigenvalue weighted by atomic mass is 9.73.